The lowest BCUT2D eigenvalue weighted by Gasteiger charge is -2.32. The summed E-state index contributed by atoms with van der Waals surface area (Å²) in [5.41, 5.74) is 0. The fourth-order valence-corrected chi connectivity index (χ4v) is 2.89. The lowest BCUT2D eigenvalue weighted by Crippen LogP contribution is -2.48. The van der Waals surface area contributed by atoms with E-state index in [0.717, 1.165) is 0 Å². The van der Waals surface area contributed by atoms with Gasteiger partial charge in [0.15, 0.2) is 11.5 Å². The van der Waals surface area contributed by atoms with Crippen LogP contribution in [0.5, 0.6) is 17.2 Å². The van der Waals surface area contributed by atoms with E-state index >= 15 is 0 Å². The minimum atomic E-state index is -0.430. The molecule has 2 aromatic rings. The molecule has 3 rings (SSSR count). The number of carbonyl (C=O) groups is 1. The number of para-hydroxylation sites is 2. The smallest absolute Gasteiger partial charge is 0.415 e. The van der Waals surface area contributed by atoms with Gasteiger partial charge < -0.3 is 23.8 Å². The van der Waals surface area contributed by atoms with Gasteiger partial charge in [0.25, 0.3) is 0 Å². The van der Waals surface area contributed by atoms with Gasteiger partial charge in [-0.25, -0.2) is 4.79 Å². The second-order valence-corrected chi connectivity index (χ2v) is 6.39. The highest BCUT2D eigenvalue weighted by atomic mass is 35.5. The zero-order chi connectivity index (χ0) is 19.1. The second-order valence-electron chi connectivity index (χ2n) is 5.95. The molecule has 0 radical (unpaired) electrons. The second kappa shape index (κ2) is 9.48. The zero-order valence-electron chi connectivity index (χ0n) is 15.1. The molecule has 0 N–H and O–H groups in total. The third-order valence-corrected chi connectivity index (χ3v) is 4.21. The molecule has 1 saturated heterocycles. The minimum Gasteiger partial charge on any atom is -0.490 e. The number of rotatable bonds is 6. The lowest BCUT2D eigenvalue weighted by molar-refractivity contribution is -0.0404. The highest BCUT2D eigenvalue weighted by Crippen LogP contribution is 2.27. The fourth-order valence-electron chi connectivity index (χ4n) is 2.71. The van der Waals surface area contributed by atoms with Crippen molar-refractivity contribution in [2.24, 2.45) is 0 Å². The average molecular weight is 392 g/mol. The van der Waals surface area contributed by atoms with Crippen molar-refractivity contribution in [1.82, 2.24) is 4.90 Å². The fraction of sp³-hybridized carbons (Fsp3) is 0.350. The van der Waals surface area contributed by atoms with Crippen molar-refractivity contribution in [2.45, 2.75) is 13.0 Å². The first-order valence-corrected chi connectivity index (χ1v) is 9.22. The zero-order valence-corrected chi connectivity index (χ0v) is 15.9. The summed E-state index contributed by atoms with van der Waals surface area (Å²) in [6, 6.07) is 14.2. The van der Waals surface area contributed by atoms with Crippen LogP contribution in [-0.4, -0.2) is 50.0 Å². The molecule has 2 aromatic carbocycles. The van der Waals surface area contributed by atoms with Gasteiger partial charge in [-0.1, -0.05) is 29.8 Å². The van der Waals surface area contributed by atoms with Crippen LogP contribution in [0.3, 0.4) is 0 Å². The van der Waals surface area contributed by atoms with Crippen molar-refractivity contribution in [3.05, 3.63) is 53.6 Å². The van der Waals surface area contributed by atoms with Crippen LogP contribution in [0.2, 0.25) is 5.02 Å². The lowest BCUT2D eigenvalue weighted by atomic mass is 10.3. The van der Waals surface area contributed by atoms with Crippen molar-refractivity contribution < 1.29 is 23.7 Å². The molecule has 1 atom stereocenters. The first kappa shape index (κ1) is 19.3. The summed E-state index contributed by atoms with van der Waals surface area (Å²) < 4.78 is 22.5. The Balaban J connectivity index is 1.54. The van der Waals surface area contributed by atoms with Gasteiger partial charge in [0, 0.05) is 11.6 Å². The molecule has 0 saturated carbocycles. The predicted molar refractivity (Wildman–Crippen MR) is 102 cm³/mol. The Labute approximate surface area is 163 Å². The summed E-state index contributed by atoms with van der Waals surface area (Å²) in [7, 11) is 0. The molecule has 27 heavy (non-hydrogen) atoms. The maximum absolute atomic E-state index is 12.4. The Morgan fingerprint density at radius 3 is 2.70 bits per heavy atom. The number of benzene rings is 2. The third-order valence-electron chi connectivity index (χ3n) is 3.97. The first-order valence-electron chi connectivity index (χ1n) is 8.84. The van der Waals surface area contributed by atoms with E-state index in [1.807, 2.05) is 31.2 Å². The van der Waals surface area contributed by atoms with Gasteiger partial charge in [0.2, 0.25) is 0 Å². The van der Waals surface area contributed by atoms with Gasteiger partial charge in [-0.05, 0) is 37.3 Å². The number of morpholine rings is 1. The van der Waals surface area contributed by atoms with Gasteiger partial charge in [0.1, 0.15) is 18.5 Å². The van der Waals surface area contributed by atoms with E-state index in [-0.39, 0.29) is 6.10 Å². The van der Waals surface area contributed by atoms with Gasteiger partial charge in [0.05, 0.1) is 19.8 Å². The molecule has 0 bridgehead atoms. The quantitative estimate of drug-likeness (QED) is 0.744. The maximum Gasteiger partial charge on any atom is 0.415 e. The van der Waals surface area contributed by atoms with Crippen molar-refractivity contribution in [1.29, 1.82) is 0 Å². The van der Waals surface area contributed by atoms with Crippen LogP contribution in [0.25, 0.3) is 0 Å². The van der Waals surface area contributed by atoms with Gasteiger partial charge in [-0.3, -0.25) is 0 Å². The average Bonchev–Trinajstić information content (AvgIpc) is 2.68. The van der Waals surface area contributed by atoms with E-state index in [2.05, 4.69) is 0 Å². The molecule has 0 aliphatic carbocycles. The Morgan fingerprint density at radius 1 is 1.19 bits per heavy atom. The molecule has 1 amide bonds. The topological polar surface area (TPSA) is 57.2 Å². The molecule has 1 unspecified atom stereocenters. The largest absolute Gasteiger partial charge is 0.490 e. The number of amides is 1. The Morgan fingerprint density at radius 2 is 1.96 bits per heavy atom. The van der Waals surface area contributed by atoms with Crippen molar-refractivity contribution >= 4 is 17.7 Å². The number of carbonyl (C=O) groups excluding carboxylic acids is 1. The molecule has 144 valence electrons. The number of hydrogen-bond donors (Lipinski definition) is 0. The van der Waals surface area contributed by atoms with Crippen LogP contribution < -0.4 is 14.2 Å². The SMILES string of the molecule is CCOc1ccccc1OCC1CN(C(=O)Oc2cccc(Cl)c2)CCO1. The molecule has 1 aliphatic rings. The number of ether oxygens (including phenoxy) is 4. The summed E-state index contributed by atoms with van der Waals surface area (Å²) in [6.07, 6.45) is -0.680. The molecular weight excluding hydrogens is 370 g/mol. The minimum absolute atomic E-state index is 0.250. The van der Waals surface area contributed by atoms with Crippen LogP contribution >= 0.6 is 11.6 Å². The normalized spacial score (nSPS) is 16.7. The van der Waals surface area contributed by atoms with Crippen LogP contribution in [0.4, 0.5) is 4.79 Å². The number of hydrogen-bond acceptors (Lipinski definition) is 5. The van der Waals surface area contributed by atoms with E-state index in [4.69, 9.17) is 30.5 Å². The van der Waals surface area contributed by atoms with E-state index in [0.29, 0.717) is 55.2 Å². The van der Waals surface area contributed by atoms with Crippen molar-refractivity contribution in [3.8, 4) is 17.2 Å². The number of nitrogens with zero attached hydrogens (tertiary/aromatic N) is 1. The Kier molecular flexibility index (Phi) is 6.79. The molecule has 0 spiro atoms. The Hall–Kier alpha value is -2.44. The van der Waals surface area contributed by atoms with Gasteiger partial charge in [-0.2, -0.15) is 0 Å². The summed E-state index contributed by atoms with van der Waals surface area (Å²) in [6.45, 7) is 4.06. The molecule has 1 fully saturated rings. The van der Waals surface area contributed by atoms with E-state index in [1.165, 1.54) is 0 Å². The molecule has 6 nitrogen and oxygen atoms in total. The number of halogens is 1. The van der Waals surface area contributed by atoms with Crippen LogP contribution in [-0.2, 0) is 4.74 Å². The first-order chi connectivity index (χ1) is 13.2. The van der Waals surface area contributed by atoms with E-state index in [1.54, 1.807) is 29.2 Å². The van der Waals surface area contributed by atoms with E-state index in [9.17, 15) is 4.79 Å². The summed E-state index contributed by atoms with van der Waals surface area (Å²) >= 11 is 5.92. The summed E-state index contributed by atoms with van der Waals surface area (Å²) in [5, 5.41) is 0.515. The molecule has 7 heteroatoms. The monoisotopic (exact) mass is 391 g/mol. The standard InChI is InChI=1S/C20H22ClNO5/c1-2-24-18-8-3-4-9-19(18)26-14-17-13-22(10-11-25-17)20(23)27-16-7-5-6-15(21)12-16/h3-9,12,17H,2,10-11,13-14H2,1H3. The highest BCUT2D eigenvalue weighted by molar-refractivity contribution is 6.30. The van der Waals surface area contributed by atoms with Crippen LogP contribution in [0.15, 0.2) is 48.5 Å². The maximum atomic E-state index is 12.4. The van der Waals surface area contributed by atoms with Crippen LogP contribution in [0.1, 0.15) is 6.92 Å². The molecule has 0 aromatic heterocycles. The molecule has 1 heterocycles. The van der Waals surface area contributed by atoms with Crippen molar-refractivity contribution in [3.63, 3.8) is 0 Å². The summed E-state index contributed by atoms with van der Waals surface area (Å²) in [5.74, 6) is 1.76. The third kappa shape index (κ3) is 5.52. The molecular formula is C20H22ClNO5. The van der Waals surface area contributed by atoms with Gasteiger partial charge in [-0.15, -0.1) is 0 Å². The highest BCUT2D eigenvalue weighted by Gasteiger charge is 2.26. The Bertz CT molecular complexity index is 770. The van der Waals surface area contributed by atoms with Gasteiger partial charge >= 0.3 is 6.09 Å². The summed E-state index contributed by atoms with van der Waals surface area (Å²) in [4.78, 5) is 14.0. The molecule has 1 aliphatic heterocycles. The predicted octanol–water partition coefficient (Wildman–Crippen LogP) is 4.02. The van der Waals surface area contributed by atoms with Crippen molar-refractivity contribution in [2.75, 3.05) is 32.9 Å². The van der Waals surface area contributed by atoms with E-state index < -0.39 is 6.09 Å². The van der Waals surface area contributed by atoms with Crippen LogP contribution in [0, 0.1) is 0 Å².